The highest BCUT2D eigenvalue weighted by atomic mass is 19.1. The minimum Gasteiger partial charge on any atom is -0.349 e. The summed E-state index contributed by atoms with van der Waals surface area (Å²) in [6.45, 7) is 3.81. The third-order valence-corrected chi connectivity index (χ3v) is 5.42. The van der Waals surface area contributed by atoms with Crippen molar-refractivity contribution in [1.29, 1.82) is 0 Å². The molecule has 3 aliphatic rings. The van der Waals surface area contributed by atoms with Gasteiger partial charge in [-0.05, 0) is 26.7 Å². The third-order valence-electron chi connectivity index (χ3n) is 5.42. The molecule has 2 aliphatic heterocycles. The maximum atomic E-state index is 13.6. The van der Waals surface area contributed by atoms with Crippen molar-refractivity contribution in [3.63, 3.8) is 0 Å². The van der Waals surface area contributed by atoms with Crippen LogP contribution in [-0.2, 0) is 18.9 Å². The fourth-order valence-corrected chi connectivity index (χ4v) is 3.54. The SMILES string of the molecule is CO[C@@]1(C)O[C@@H]2[C@@H](CF)C3(CC3)NC[C@H]2O[C@]1(C)OC. The van der Waals surface area contributed by atoms with E-state index in [1.54, 1.807) is 28.1 Å². The minimum absolute atomic E-state index is 0.102. The molecule has 3 rings (SSSR count). The van der Waals surface area contributed by atoms with Gasteiger partial charge in [-0.15, -0.1) is 0 Å². The molecule has 1 saturated carbocycles. The molecule has 0 aromatic rings. The van der Waals surface area contributed by atoms with Gasteiger partial charge in [0.15, 0.2) is 0 Å². The molecule has 1 aliphatic carbocycles. The van der Waals surface area contributed by atoms with E-state index in [-0.39, 0.29) is 23.7 Å². The summed E-state index contributed by atoms with van der Waals surface area (Å²) in [7, 11) is 3.12. The Balaban J connectivity index is 1.88. The van der Waals surface area contributed by atoms with E-state index in [2.05, 4.69) is 5.32 Å². The second-order valence-electron chi connectivity index (χ2n) is 6.34. The molecule has 1 spiro atoms. The van der Waals surface area contributed by atoms with E-state index in [4.69, 9.17) is 18.9 Å². The van der Waals surface area contributed by atoms with Crippen LogP contribution in [0.2, 0.25) is 0 Å². The summed E-state index contributed by atoms with van der Waals surface area (Å²) in [6, 6.07) is 0. The molecule has 2 saturated heterocycles. The molecule has 5 nitrogen and oxygen atoms in total. The van der Waals surface area contributed by atoms with E-state index in [0.29, 0.717) is 6.54 Å². The first-order valence-electron chi connectivity index (χ1n) is 7.20. The summed E-state index contributed by atoms with van der Waals surface area (Å²) in [6.07, 6.45) is 1.46. The molecule has 116 valence electrons. The lowest BCUT2D eigenvalue weighted by atomic mass is 9.83. The van der Waals surface area contributed by atoms with E-state index in [0.717, 1.165) is 12.8 Å². The van der Waals surface area contributed by atoms with Crippen LogP contribution in [0.3, 0.4) is 0 Å². The van der Waals surface area contributed by atoms with Gasteiger partial charge in [0.2, 0.25) is 11.6 Å². The van der Waals surface area contributed by atoms with Crippen LogP contribution in [0.25, 0.3) is 0 Å². The summed E-state index contributed by atoms with van der Waals surface area (Å²) in [5.41, 5.74) is -0.102. The van der Waals surface area contributed by atoms with Crippen LogP contribution in [0.5, 0.6) is 0 Å². The Morgan fingerprint density at radius 1 is 1.15 bits per heavy atom. The van der Waals surface area contributed by atoms with Crippen LogP contribution in [0.15, 0.2) is 0 Å². The van der Waals surface area contributed by atoms with Crippen molar-refractivity contribution in [2.45, 2.75) is 56.0 Å². The maximum absolute atomic E-state index is 13.6. The van der Waals surface area contributed by atoms with Crippen LogP contribution >= 0.6 is 0 Å². The Morgan fingerprint density at radius 2 is 1.75 bits per heavy atom. The van der Waals surface area contributed by atoms with Gasteiger partial charge < -0.3 is 24.3 Å². The highest BCUT2D eigenvalue weighted by Gasteiger charge is 2.64. The van der Waals surface area contributed by atoms with E-state index < -0.39 is 18.2 Å². The Labute approximate surface area is 119 Å². The average Bonchev–Trinajstić information content (AvgIpc) is 3.21. The van der Waals surface area contributed by atoms with Crippen LogP contribution in [-0.4, -0.2) is 56.8 Å². The lowest BCUT2D eigenvalue weighted by Crippen LogP contribution is -2.72. The van der Waals surface area contributed by atoms with Gasteiger partial charge >= 0.3 is 0 Å². The van der Waals surface area contributed by atoms with Crippen LogP contribution in [0, 0.1) is 5.92 Å². The Hall–Kier alpha value is -0.270. The first-order valence-corrected chi connectivity index (χ1v) is 7.20. The summed E-state index contributed by atoms with van der Waals surface area (Å²) in [5, 5.41) is 3.44. The predicted molar refractivity (Wildman–Crippen MR) is 70.0 cm³/mol. The Kier molecular flexibility index (Phi) is 3.38. The molecule has 0 amide bonds. The van der Waals surface area contributed by atoms with Crippen molar-refractivity contribution in [3.05, 3.63) is 0 Å². The maximum Gasteiger partial charge on any atom is 0.220 e. The zero-order valence-corrected chi connectivity index (χ0v) is 12.6. The van der Waals surface area contributed by atoms with Gasteiger partial charge in [-0.1, -0.05) is 0 Å². The molecule has 0 radical (unpaired) electrons. The molecule has 0 unspecified atom stereocenters. The lowest BCUT2D eigenvalue weighted by Gasteiger charge is -2.56. The van der Waals surface area contributed by atoms with Crippen molar-refractivity contribution in [2.75, 3.05) is 27.4 Å². The van der Waals surface area contributed by atoms with Crippen molar-refractivity contribution in [2.24, 2.45) is 5.92 Å². The van der Waals surface area contributed by atoms with Crippen molar-refractivity contribution in [3.8, 4) is 0 Å². The third kappa shape index (κ3) is 1.85. The number of nitrogens with one attached hydrogen (secondary N) is 1. The van der Waals surface area contributed by atoms with Crippen LogP contribution in [0.1, 0.15) is 26.7 Å². The largest absolute Gasteiger partial charge is 0.349 e. The average molecular weight is 289 g/mol. The van der Waals surface area contributed by atoms with Crippen LogP contribution in [0.4, 0.5) is 4.39 Å². The minimum atomic E-state index is -1.05. The Morgan fingerprint density at radius 3 is 2.25 bits per heavy atom. The molecule has 0 aromatic carbocycles. The zero-order chi connectivity index (χ0) is 14.6. The highest BCUT2D eigenvalue weighted by Crippen LogP contribution is 2.51. The number of hydrogen-bond donors (Lipinski definition) is 1. The lowest BCUT2D eigenvalue weighted by molar-refractivity contribution is -0.455. The number of alkyl halides is 1. The van der Waals surface area contributed by atoms with Crippen LogP contribution < -0.4 is 5.32 Å². The molecule has 5 atom stereocenters. The number of halogens is 1. The van der Waals surface area contributed by atoms with Gasteiger partial charge in [0.25, 0.3) is 0 Å². The summed E-state index contributed by atoms with van der Waals surface area (Å²) >= 11 is 0. The number of rotatable bonds is 3. The molecule has 0 bridgehead atoms. The van der Waals surface area contributed by atoms with E-state index in [1.165, 1.54) is 0 Å². The second-order valence-corrected chi connectivity index (χ2v) is 6.34. The fraction of sp³-hybridized carbons (Fsp3) is 1.00. The first-order chi connectivity index (χ1) is 9.43. The molecular weight excluding hydrogens is 265 g/mol. The molecule has 2 heterocycles. The van der Waals surface area contributed by atoms with Gasteiger partial charge in [0, 0.05) is 32.2 Å². The summed E-state index contributed by atoms with van der Waals surface area (Å²) < 4.78 is 36.8. The first kappa shape index (κ1) is 14.7. The number of ether oxygens (including phenoxy) is 4. The van der Waals surface area contributed by atoms with Crippen molar-refractivity contribution < 1.29 is 23.3 Å². The molecule has 20 heavy (non-hydrogen) atoms. The standard InChI is InChI=1S/C14H24FNO4/c1-12(17-3)13(2,18-4)20-11-9(7-15)14(5-6-14)16-8-10(11)19-12/h9-11,16H,5-8H2,1-4H3/t9-,10-,11-,12+,13+/m1/s1. The monoisotopic (exact) mass is 289 g/mol. The summed E-state index contributed by atoms with van der Waals surface area (Å²) in [4.78, 5) is 0. The molecule has 1 N–H and O–H groups in total. The smallest absolute Gasteiger partial charge is 0.220 e. The zero-order valence-electron chi connectivity index (χ0n) is 12.6. The molecule has 6 heteroatoms. The van der Waals surface area contributed by atoms with E-state index in [9.17, 15) is 4.39 Å². The number of fused-ring (bicyclic) bond motifs is 1. The normalized spacial score (nSPS) is 50.0. The van der Waals surface area contributed by atoms with Crippen molar-refractivity contribution in [1.82, 2.24) is 5.32 Å². The Bertz CT molecular complexity index is 391. The van der Waals surface area contributed by atoms with Gasteiger partial charge in [-0.25, -0.2) is 0 Å². The van der Waals surface area contributed by atoms with E-state index >= 15 is 0 Å². The fourth-order valence-electron chi connectivity index (χ4n) is 3.54. The highest BCUT2D eigenvalue weighted by molar-refractivity contribution is 5.15. The van der Waals surface area contributed by atoms with Gasteiger partial charge in [0.1, 0.15) is 6.10 Å². The molecule has 0 aromatic heterocycles. The second kappa shape index (κ2) is 4.61. The van der Waals surface area contributed by atoms with E-state index in [1.807, 2.05) is 0 Å². The quantitative estimate of drug-likeness (QED) is 0.846. The number of hydrogen-bond acceptors (Lipinski definition) is 5. The topological polar surface area (TPSA) is 49.0 Å². The van der Waals surface area contributed by atoms with Crippen molar-refractivity contribution >= 4 is 0 Å². The van der Waals surface area contributed by atoms with Gasteiger partial charge in [0.05, 0.1) is 12.8 Å². The molecule has 3 fully saturated rings. The summed E-state index contributed by atoms with van der Waals surface area (Å²) in [5.74, 6) is -2.26. The predicted octanol–water partition coefficient (Wildman–Crippen LogP) is 1.22. The number of methoxy groups -OCH3 is 2. The van der Waals surface area contributed by atoms with Gasteiger partial charge in [-0.2, -0.15) is 0 Å². The van der Waals surface area contributed by atoms with Gasteiger partial charge in [-0.3, -0.25) is 4.39 Å². The molecular formula is C14H24FNO4. The number of piperidine rings is 1.